The van der Waals surface area contributed by atoms with Gasteiger partial charge in [0.15, 0.2) is 0 Å². The Morgan fingerprint density at radius 1 is 0.947 bits per heavy atom. The lowest BCUT2D eigenvalue weighted by molar-refractivity contribution is -0.141. The minimum Gasteiger partial charge on any atom is -0.471 e. The van der Waals surface area contributed by atoms with Crippen LogP contribution in [0.25, 0.3) is 22.2 Å². The maximum Gasteiger partial charge on any atom is 0.408 e. The monoisotopic (exact) mass is 802 g/mol. The molecule has 0 bridgehead atoms. The number of rotatable bonds is 8. The van der Waals surface area contributed by atoms with E-state index in [4.69, 9.17) is 9.47 Å². The highest BCUT2D eigenvalue weighted by Crippen LogP contribution is 2.46. The van der Waals surface area contributed by atoms with E-state index in [0.717, 1.165) is 38.5 Å². The number of aromatic nitrogens is 2. The van der Waals surface area contributed by atoms with Gasteiger partial charge in [0.2, 0.25) is 27.7 Å². The number of hydrogen-bond donors (Lipinski definition) is 3. The van der Waals surface area contributed by atoms with Gasteiger partial charge in [-0.05, 0) is 88.0 Å². The van der Waals surface area contributed by atoms with E-state index in [-0.39, 0.29) is 37.2 Å². The van der Waals surface area contributed by atoms with E-state index in [9.17, 15) is 32.0 Å². The second kappa shape index (κ2) is 16.0. The topological polar surface area (TPSA) is 186 Å². The van der Waals surface area contributed by atoms with Gasteiger partial charge in [0.1, 0.15) is 35.6 Å². The lowest BCUT2D eigenvalue weighted by Gasteiger charge is -2.30. The average Bonchev–Trinajstić information content (AvgIpc) is 4.06. The molecule has 0 spiro atoms. The number of carbonyl (C=O) groups is 4. The standard InChI is InChI=1S/C41H47FN6O8S/c42-31-14-9-8-13-30(31)25-16-19-32-34(20-25)44-36(23-43-32)55-28-21-35-37(49)46-41(39(51)47-57(53,54)29-17-18-29)22-26(41)10-4-2-1-3-5-15-33(38(50)48(35)24-28)45-40(52)56-27-11-6-7-12-27/h4,8-10,13-14,16,19-20,23,26-29,33,35H,1-3,5-7,11-12,15,17-18,21-22,24H2,(H,45,52)(H,46,49)(H,47,51)/b10-4-/t26-,28-,33+,35+,41-/m1/s1. The van der Waals surface area contributed by atoms with Crippen LogP contribution in [0.2, 0.25) is 0 Å². The molecule has 3 aliphatic carbocycles. The number of ether oxygens (including phenoxy) is 2. The van der Waals surface area contributed by atoms with Gasteiger partial charge in [-0.15, -0.1) is 0 Å². The lowest BCUT2D eigenvalue weighted by Crippen LogP contribution is -2.58. The Morgan fingerprint density at radius 3 is 2.53 bits per heavy atom. The van der Waals surface area contributed by atoms with Crippen LogP contribution in [0.1, 0.15) is 83.5 Å². The smallest absolute Gasteiger partial charge is 0.408 e. The van der Waals surface area contributed by atoms with Gasteiger partial charge in [-0.25, -0.2) is 27.6 Å². The van der Waals surface area contributed by atoms with Crippen molar-refractivity contribution in [1.82, 2.24) is 30.2 Å². The maximum absolute atomic E-state index is 14.6. The Kier molecular flexibility index (Phi) is 10.9. The summed E-state index contributed by atoms with van der Waals surface area (Å²) in [5.41, 5.74) is 0.475. The van der Waals surface area contributed by atoms with Gasteiger partial charge in [-0.2, -0.15) is 0 Å². The van der Waals surface area contributed by atoms with Crippen LogP contribution >= 0.6 is 0 Å². The number of alkyl carbamates (subject to hydrolysis) is 1. The molecule has 2 aliphatic heterocycles. The van der Waals surface area contributed by atoms with E-state index >= 15 is 0 Å². The van der Waals surface area contributed by atoms with Crippen LogP contribution in [0, 0.1) is 11.7 Å². The number of carbonyl (C=O) groups excluding carboxylic acids is 4. The van der Waals surface area contributed by atoms with Gasteiger partial charge >= 0.3 is 6.09 Å². The predicted molar refractivity (Wildman–Crippen MR) is 206 cm³/mol. The van der Waals surface area contributed by atoms with Crippen molar-refractivity contribution in [2.24, 2.45) is 5.92 Å². The molecule has 1 saturated heterocycles. The van der Waals surface area contributed by atoms with Crippen LogP contribution in [0.4, 0.5) is 9.18 Å². The van der Waals surface area contributed by atoms with Crippen molar-refractivity contribution < 1.29 is 41.5 Å². The molecule has 4 fully saturated rings. The molecular weight excluding hydrogens is 756 g/mol. The molecule has 14 nitrogen and oxygen atoms in total. The summed E-state index contributed by atoms with van der Waals surface area (Å²) in [6.07, 6.45) is 11.3. The third-order valence-electron chi connectivity index (χ3n) is 11.7. The van der Waals surface area contributed by atoms with E-state index in [2.05, 4.69) is 25.3 Å². The zero-order chi connectivity index (χ0) is 39.7. The minimum atomic E-state index is -3.91. The Bertz CT molecular complexity index is 2190. The Labute approximate surface area is 330 Å². The second-order valence-electron chi connectivity index (χ2n) is 15.9. The molecule has 57 heavy (non-hydrogen) atoms. The van der Waals surface area contributed by atoms with Crippen molar-refractivity contribution in [1.29, 1.82) is 0 Å². The van der Waals surface area contributed by atoms with Crippen LogP contribution in [-0.4, -0.2) is 88.7 Å². The number of allylic oxidation sites excluding steroid dienone is 1. The molecule has 302 valence electrons. The maximum atomic E-state index is 14.6. The summed E-state index contributed by atoms with van der Waals surface area (Å²) in [7, 11) is -3.91. The molecule has 3 N–H and O–H groups in total. The van der Waals surface area contributed by atoms with Gasteiger partial charge in [-0.3, -0.25) is 19.1 Å². The first kappa shape index (κ1) is 38.7. The third-order valence-corrected chi connectivity index (χ3v) is 13.5. The largest absolute Gasteiger partial charge is 0.471 e. The minimum absolute atomic E-state index is 0.00434. The Balaban J connectivity index is 1.07. The summed E-state index contributed by atoms with van der Waals surface area (Å²) < 4.78 is 54.5. The molecule has 2 aromatic carbocycles. The summed E-state index contributed by atoms with van der Waals surface area (Å²) in [6, 6.07) is 9.45. The van der Waals surface area contributed by atoms with Crippen molar-refractivity contribution >= 4 is 44.9 Å². The van der Waals surface area contributed by atoms with Gasteiger partial charge < -0.3 is 25.0 Å². The predicted octanol–water partition coefficient (Wildman–Crippen LogP) is 4.83. The van der Waals surface area contributed by atoms with Crippen molar-refractivity contribution in [3.05, 3.63) is 66.6 Å². The summed E-state index contributed by atoms with van der Waals surface area (Å²) in [6.45, 7) is -0.0552. The normalized spacial score (nSPS) is 27.6. The van der Waals surface area contributed by atoms with E-state index < -0.39 is 68.7 Å². The molecule has 3 saturated carbocycles. The second-order valence-corrected chi connectivity index (χ2v) is 17.9. The number of nitrogens with one attached hydrogen (secondary N) is 3. The molecule has 8 rings (SSSR count). The fraction of sp³-hybridized carbons (Fsp3) is 0.512. The fourth-order valence-corrected chi connectivity index (χ4v) is 9.63. The van der Waals surface area contributed by atoms with Gasteiger partial charge in [0, 0.05) is 17.9 Å². The molecule has 1 aromatic heterocycles. The lowest BCUT2D eigenvalue weighted by atomic mass is 10.0. The van der Waals surface area contributed by atoms with Crippen molar-refractivity contribution in [3.8, 4) is 17.0 Å². The molecule has 5 aliphatic rings. The van der Waals surface area contributed by atoms with Crippen LogP contribution in [0.5, 0.6) is 5.88 Å². The van der Waals surface area contributed by atoms with E-state index in [0.29, 0.717) is 54.3 Å². The molecule has 5 atom stereocenters. The Hall–Kier alpha value is -5.12. The molecule has 16 heteroatoms. The highest BCUT2D eigenvalue weighted by molar-refractivity contribution is 7.91. The van der Waals surface area contributed by atoms with E-state index in [1.165, 1.54) is 17.2 Å². The van der Waals surface area contributed by atoms with Crippen molar-refractivity contribution in [2.45, 2.75) is 119 Å². The van der Waals surface area contributed by atoms with Crippen LogP contribution in [0.3, 0.4) is 0 Å². The van der Waals surface area contributed by atoms with Crippen molar-refractivity contribution in [2.75, 3.05) is 6.54 Å². The van der Waals surface area contributed by atoms with Crippen LogP contribution < -0.4 is 20.1 Å². The molecule has 3 heterocycles. The first-order valence-corrected chi connectivity index (χ1v) is 21.5. The first-order chi connectivity index (χ1) is 27.5. The molecule has 3 aromatic rings. The van der Waals surface area contributed by atoms with E-state index in [1.807, 2.05) is 12.2 Å². The summed E-state index contributed by atoms with van der Waals surface area (Å²) in [5, 5.41) is 5.01. The van der Waals surface area contributed by atoms with Gasteiger partial charge in [-0.1, -0.05) is 49.3 Å². The number of nitrogens with zero attached hydrogens (tertiary/aromatic N) is 3. The zero-order valence-electron chi connectivity index (χ0n) is 31.5. The number of fused-ring (bicyclic) bond motifs is 3. The van der Waals surface area contributed by atoms with Gasteiger partial charge in [0.25, 0.3) is 5.91 Å². The van der Waals surface area contributed by atoms with Crippen LogP contribution in [-0.2, 0) is 29.1 Å². The quantitative estimate of drug-likeness (QED) is 0.267. The number of amides is 4. The fourth-order valence-electron chi connectivity index (χ4n) is 8.27. The SMILES string of the molecule is O=C(N[C@H]1CCCCC/C=C\[C@@H]2C[C@@]2(C(=O)NS(=O)(=O)C2CC2)NC(=O)[C@@H]2C[C@@H](Oc3cnc4ccc(-c5ccccc5F)cc4n3)CN2C1=O)OC1CCCC1. The van der Waals surface area contributed by atoms with Gasteiger partial charge in [0.05, 0.1) is 29.0 Å². The Morgan fingerprint density at radius 2 is 1.74 bits per heavy atom. The molecule has 0 radical (unpaired) electrons. The highest BCUT2D eigenvalue weighted by atomic mass is 32.2. The zero-order valence-corrected chi connectivity index (χ0v) is 32.3. The molecular formula is C41H47FN6O8S. The number of halogens is 1. The third kappa shape index (κ3) is 8.60. The summed E-state index contributed by atoms with van der Waals surface area (Å²) in [4.78, 5) is 66.2. The first-order valence-electron chi connectivity index (χ1n) is 20.0. The van der Waals surface area contributed by atoms with Crippen LogP contribution in [0.15, 0.2) is 60.8 Å². The number of sulfonamides is 1. The molecule has 4 amide bonds. The summed E-state index contributed by atoms with van der Waals surface area (Å²) >= 11 is 0. The summed E-state index contributed by atoms with van der Waals surface area (Å²) in [5.74, 6) is -2.66. The molecule has 0 unspecified atom stereocenters. The van der Waals surface area contributed by atoms with Crippen molar-refractivity contribution in [3.63, 3.8) is 0 Å². The average molecular weight is 803 g/mol. The highest BCUT2D eigenvalue weighted by Gasteiger charge is 2.62. The number of hydrogen-bond acceptors (Lipinski definition) is 10. The number of benzene rings is 2. The van der Waals surface area contributed by atoms with E-state index in [1.54, 1.807) is 36.4 Å².